The second-order valence-corrected chi connectivity index (χ2v) is 3.51. The number of ether oxygens (including phenoxy) is 1. The second kappa shape index (κ2) is 4.21. The molecular formula is C8H8N2O3S. The quantitative estimate of drug-likeness (QED) is 0.824. The molecule has 74 valence electrons. The van der Waals surface area contributed by atoms with Gasteiger partial charge in [0, 0.05) is 0 Å². The van der Waals surface area contributed by atoms with Crippen LogP contribution in [0, 0.1) is 0 Å². The van der Waals surface area contributed by atoms with Crippen LogP contribution >= 0.6 is 11.3 Å². The van der Waals surface area contributed by atoms with Crippen molar-refractivity contribution in [3.63, 3.8) is 0 Å². The molecule has 1 N–H and O–H groups in total. The Hall–Kier alpha value is -1.40. The molecule has 0 fully saturated rings. The summed E-state index contributed by atoms with van der Waals surface area (Å²) >= 11 is 1.22. The van der Waals surface area contributed by atoms with Gasteiger partial charge in [0.15, 0.2) is 0 Å². The zero-order valence-corrected chi connectivity index (χ0v) is 8.03. The van der Waals surface area contributed by atoms with E-state index in [9.17, 15) is 0 Å². The number of hydrogen-bond acceptors (Lipinski definition) is 6. The Labute approximate surface area is 84.0 Å². The third-order valence-electron chi connectivity index (χ3n) is 1.50. The van der Waals surface area contributed by atoms with Gasteiger partial charge in [-0.1, -0.05) is 16.4 Å². The van der Waals surface area contributed by atoms with Crippen LogP contribution in [-0.4, -0.2) is 15.3 Å². The van der Waals surface area contributed by atoms with Gasteiger partial charge < -0.3 is 14.3 Å². The Balaban J connectivity index is 1.92. The third kappa shape index (κ3) is 2.09. The Kier molecular flexibility index (Phi) is 2.76. The summed E-state index contributed by atoms with van der Waals surface area (Å²) in [6.07, 6.45) is 1.58. The minimum atomic E-state index is -0.109. The molecule has 0 unspecified atom stereocenters. The van der Waals surface area contributed by atoms with Gasteiger partial charge in [-0.15, -0.1) is 5.10 Å². The second-order valence-electron chi connectivity index (χ2n) is 2.49. The van der Waals surface area contributed by atoms with Crippen molar-refractivity contribution in [3.05, 3.63) is 29.2 Å². The number of aliphatic hydroxyl groups is 1. The van der Waals surface area contributed by atoms with Crippen LogP contribution in [0.1, 0.15) is 10.8 Å². The van der Waals surface area contributed by atoms with Gasteiger partial charge in [0.25, 0.3) is 5.19 Å². The molecule has 2 heterocycles. The van der Waals surface area contributed by atoms with Crippen LogP contribution in [0.5, 0.6) is 5.19 Å². The minimum Gasteiger partial charge on any atom is -0.466 e. The highest BCUT2D eigenvalue weighted by Crippen LogP contribution is 2.18. The van der Waals surface area contributed by atoms with Gasteiger partial charge in [-0.2, -0.15) is 0 Å². The number of hydrogen-bond donors (Lipinski definition) is 1. The molecule has 14 heavy (non-hydrogen) atoms. The third-order valence-corrected chi connectivity index (χ3v) is 2.32. The Morgan fingerprint density at radius 2 is 2.43 bits per heavy atom. The van der Waals surface area contributed by atoms with Crippen molar-refractivity contribution in [2.75, 3.05) is 0 Å². The summed E-state index contributed by atoms with van der Waals surface area (Å²) in [7, 11) is 0. The van der Waals surface area contributed by atoms with E-state index in [0.29, 0.717) is 16.8 Å². The fourth-order valence-corrected chi connectivity index (χ4v) is 1.44. The number of furan rings is 1. The van der Waals surface area contributed by atoms with Crippen molar-refractivity contribution in [1.82, 2.24) is 10.2 Å². The average Bonchev–Trinajstić information content (AvgIpc) is 2.86. The van der Waals surface area contributed by atoms with E-state index < -0.39 is 0 Å². The molecule has 0 saturated carbocycles. The van der Waals surface area contributed by atoms with Crippen molar-refractivity contribution in [2.45, 2.75) is 13.2 Å². The molecule has 2 rings (SSSR count). The molecule has 0 saturated heterocycles. The van der Waals surface area contributed by atoms with Crippen molar-refractivity contribution < 1.29 is 14.3 Å². The van der Waals surface area contributed by atoms with Crippen molar-refractivity contribution >= 4 is 11.3 Å². The molecular weight excluding hydrogens is 204 g/mol. The van der Waals surface area contributed by atoms with E-state index in [4.69, 9.17) is 14.3 Å². The van der Waals surface area contributed by atoms with Gasteiger partial charge >= 0.3 is 0 Å². The Morgan fingerprint density at radius 1 is 1.50 bits per heavy atom. The lowest BCUT2D eigenvalue weighted by molar-refractivity contribution is 0.266. The van der Waals surface area contributed by atoms with Crippen molar-refractivity contribution in [1.29, 1.82) is 0 Å². The predicted molar refractivity (Wildman–Crippen MR) is 48.9 cm³/mol. The lowest BCUT2D eigenvalue weighted by atomic mass is 10.5. The number of nitrogens with zero attached hydrogens (tertiary/aromatic N) is 2. The molecule has 5 nitrogen and oxygen atoms in total. The maximum absolute atomic E-state index is 8.74. The van der Waals surface area contributed by atoms with Gasteiger partial charge in [0.05, 0.1) is 12.9 Å². The zero-order chi connectivity index (χ0) is 9.80. The van der Waals surface area contributed by atoms with Gasteiger partial charge in [-0.05, 0) is 12.1 Å². The summed E-state index contributed by atoms with van der Waals surface area (Å²) in [5.74, 6) is 0.728. The molecule has 0 spiro atoms. The molecule has 0 aliphatic heterocycles. The summed E-state index contributed by atoms with van der Waals surface area (Å²) < 4.78 is 10.3. The van der Waals surface area contributed by atoms with Crippen LogP contribution in [0.4, 0.5) is 0 Å². The maximum Gasteiger partial charge on any atom is 0.294 e. The first kappa shape index (κ1) is 9.17. The molecule has 0 radical (unpaired) electrons. The normalized spacial score (nSPS) is 10.4. The molecule has 0 bridgehead atoms. The van der Waals surface area contributed by atoms with Crippen LogP contribution in [-0.2, 0) is 13.2 Å². The number of rotatable bonds is 4. The van der Waals surface area contributed by atoms with E-state index in [1.165, 1.54) is 11.3 Å². The lowest BCUT2D eigenvalue weighted by Crippen LogP contribution is -1.92. The van der Waals surface area contributed by atoms with Crippen LogP contribution in [0.15, 0.2) is 22.8 Å². The van der Waals surface area contributed by atoms with Gasteiger partial charge in [-0.25, -0.2) is 0 Å². The molecule has 0 atom stereocenters. The van der Waals surface area contributed by atoms with E-state index in [1.54, 1.807) is 12.3 Å². The van der Waals surface area contributed by atoms with Crippen molar-refractivity contribution in [3.8, 4) is 5.19 Å². The first-order valence-corrected chi connectivity index (χ1v) is 4.78. The minimum absolute atomic E-state index is 0.109. The monoisotopic (exact) mass is 212 g/mol. The average molecular weight is 212 g/mol. The highest BCUT2D eigenvalue weighted by molar-refractivity contribution is 7.13. The van der Waals surface area contributed by atoms with E-state index in [-0.39, 0.29) is 6.61 Å². The van der Waals surface area contributed by atoms with Crippen LogP contribution in [0.25, 0.3) is 0 Å². The first-order chi connectivity index (χ1) is 6.88. The lowest BCUT2D eigenvalue weighted by Gasteiger charge is -1.96. The molecule has 2 aromatic heterocycles. The highest BCUT2D eigenvalue weighted by Gasteiger charge is 2.04. The summed E-state index contributed by atoms with van der Waals surface area (Å²) in [5, 5.41) is 17.1. The fourth-order valence-electron chi connectivity index (χ4n) is 0.888. The van der Waals surface area contributed by atoms with Crippen LogP contribution < -0.4 is 4.74 Å². The van der Waals surface area contributed by atoms with Gasteiger partial charge in [0.2, 0.25) is 0 Å². The number of aliphatic hydroxyl groups excluding tert-OH is 1. The zero-order valence-electron chi connectivity index (χ0n) is 7.21. The SMILES string of the molecule is OCc1nnc(OCc2ccco2)s1. The predicted octanol–water partition coefficient (Wildman–Crippen LogP) is 1.20. The molecule has 0 aromatic carbocycles. The van der Waals surface area contributed by atoms with E-state index in [2.05, 4.69) is 10.2 Å². The first-order valence-electron chi connectivity index (χ1n) is 3.97. The van der Waals surface area contributed by atoms with E-state index >= 15 is 0 Å². The molecule has 0 amide bonds. The van der Waals surface area contributed by atoms with Gasteiger partial charge in [0.1, 0.15) is 17.4 Å². The summed E-state index contributed by atoms with van der Waals surface area (Å²) in [4.78, 5) is 0. The summed E-state index contributed by atoms with van der Waals surface area (Å²) in [6, 6.07) is 3.60. The Bertz CT molecular complexity index is 385. The van der Waals surface area contributed by atoms with Crippen molar-refractivity contribution in [2.24, 2.45) is 0 Å². The molecule has 2 aromatic rings. The molecule has 6 heteroatoms. The standard InChI is InChI=1S/C8H8N2O3S/c11-4-7-9-10-8(14-7)13-5-6-2-1-3-12-6/h1-3,11H,4-5H2. The maximum atomic E-state index is 8.74. The Morgan fingerprint density at radius 3 is 3.07 bits per heavy atom. The van der Waals surface area contributed by atoms with Gasteiger partial charge in [-0.3, -0.25) is 0 Å². The molecule has 0 aliphatic rings. The fraction of sp³-hybridized carbons (Fsp3) is 0.250. The summed E-state index contributed by atoms with van der Waals surface area (Å²) in [5.41, 5.74) is 0. The van der Waals surface area contributed by atoms with Crippen LogP contribution in [0.3, 0.4) is 0 Å². The highest BCUT2D eigenvalue weighted by atomic mass is 32.1. The van der Waals surface area contributed by atoms with E-state index in [0.717, 1.165) is 5.76 Å². The smallest absolute Gasteiger partial charge is 0.294 e. The van der Waals surface area contributed by atoms with E-state index in [1.807, 2.05) is 6.07 Å². The van der Waals surface area contributed by atoms with Crippen LogP contribution in [0.2, 0.25) is 0 Å². The largest absolute Gasteiger partial charge is 0.466 e. The molecule has 0 aliphatic carbocycles. The topological polar surface area (TPSA) is 68.4 Å². The number of aromatic nitrogens is 2. The summed E-state index contributed by atoms with van der Waals surface area (Å²) in [6.45, 7) is 0.217.